The number of nitrogens with zero attached hydrogens (tertiary/aromatic N) is 1. The standard InChI is InChI=1S/C9H19NOS/c1-3-11-8-9-4-6-10(12-2)7-5-9/h9H,3-8H2,1-2H3. The van der Waals surface area contributed by atoms with E-state index in [1.807, 2.05) is 11.9 Å². The third-order valence-electron chi connectivity index (χ3n) is 2.39. The van der Waals surface area contributed by atoms with Crippen LogP contribution in [-0.4, -0.2) is 36.9 Å². The van der Waals surface area contributed by atoms with Crippen molar-refractivity contribution in [2.75, 3.05) is 32.6 Å². The molecule has 3 heteroatoms. The zero-order valence-electron chi connectivity index (χ0n) is 8.08. The highest BCUT2D eigenvalue weighted by molar-refractivity contribution is 7.96. The van der Waals surface area contributed by atoms with Gasteiger partial charge in [-0.2, -0.15) is 0 Å². The van der Waals surface area contributed by atoms with E-state index in [4.69, 9.17) is 4.74 Å². The Morgan fingerprint density at radius 2 is 2.08 bits per heavy atom. The topological polar surface area (TPSA) is 12.5 Å². The smallest absolute Gasteiger partial charge is 0.0495 e. The second-order valence-corrected chi connectivity index (χ2v) is 4.10. The van der Waals surface area contributed by atoms with E-state index in [9.17, 15) is 0 Å². The van der Waals surface area contributed by atoms with Crippen molar-refractivity contribution in [1.82, 2.24) is 4.31 Å². The summed E-state index contributed by atoms with van der Waals surface area (Å²) in [6, 6.07) is 0. The Morgan fingerprint density at radius 1 is 1.42 bits per heavy atom. The molecule has 0 amide bonds. The number of ether oxygens (including phenoxy) is 1. The number of piperidine rings is 1. The van der Waals surface area contributed by atoms with E-state index in [0.29, 0.717) is 0 Å². The van der Waals surface area contributed by atoms with Gasteiger partial charge in [-0.1, -0.05) is 11.9 Å². The Hall–Kier alpha value is 0.270. The lowest BCUT2D eigenvalue weighted by atomic mass is 9.99. The van der Waals surface area contributed by atoms with Crippen LogP contribution in [-0.2, 0) is 4.74 Å². The van der Waals surface area contributed by atoms with Gasteiger partial charge in [-0.05, 0) is 31.9 Å². The predicted molar refractivity (Wildman–Crippen MR) is 54.3 cm³/mol. The molecule has 0 bridgehead atoms. The molecule has 0 spiro atoms. The lowest BCUT2D eigenvalue weighted by Crippen LogP contribution is -2.30. The molecule has 2 nitrogen and oxygen atoms in total. The molecule has 0 unspecified atom stereocenters. The van der Waals surface area contributed by atoms with E-state index in [2.05, 4.69) is 17.5 Å². The second kappa shape index (κ2) is 5.84. The van der Waals surface area contributed by atoms with Gasteiger partial charge in [-0.15, -0.1) is 0 Å². The first-order valence-electron chi connectivity index (χ1n) is 4.73. The highest BCUT2D eigenvalue weighted by atomic mass is 32.2. The van der Waals surface area contributed by atoms with Gasteiger partial charge >= 0.3 is 0 Å². The van der Waals surface area contributed by atoms with E-state index in [1.54, 1.807) is 0 Å². The molecule has 0 saturated carbocycles. The summed E-state index contributed by atoms with van der Waals surface area (Å²) in [5, 5.41) is 0. The molecular weight excluding hydrogens is 170 g/mol. The molecule has 12 heavy (non-hydrogen) atoms. The minimum absolute atomic E-state index is 0.813. The number of hydrogen-bond donors (Lipinski definition) is 0. The van der Waals surface area contributed by atoms with E-state index < -0.39 is 0 Å². The molecule has 0 radical (unpaired) electrons. The van der Waals surface area contributed by atoms with Gasteiger partial charge in [0.05, 0.1) is 0 Å². The molecule has 1 heterocycles. The van der Waals surface area contributed by atoms with Gasteiger partial charge in [0, 0.05) is 26.3 Å². The van der Waals surface area contributed by atoms with Crippen LogP contribution >= 0.6 is 11.9 Å². The molecule has 1 fully saturated rings. The lowest BCUT2D eigenvalue weighted by molar-refractivity contribution is 0.0897. The largest absolute Gasteiger partial charge is 0.381 e. The predicted octanol–water partition coefficient (Wildman–Crippen LogP) is 2.01. The highest BCUT2D eigenvalue weighted by Crippen LogP contribution is 2.21. The molecule has 72 valence electrons. The summed E-state index contributed by atoms with van der Waals surface area (Å²) in [4.78, 5) is 0. The molecule has 1 rings (SSSR count). The Morgan fingerprint density at radius 3 is 2.58 bits per heavy atom. The van der Waals surface area contributed by atoms with Crippen molar-refractivity contribution in [3.63, 3.8) is 0 Å². The second-order valence-electron chi connectivity index (χ2n) is 3.21. The summed E-state index contributed by atoms with van der Waals surface area (Å²) in [7, 11) is 0. The fourth-order valence-electron chi connectivity index (χ4n) is 1.54. The average Bonchev–Trinajstić information content (AvgIpc) is 2.15. The monoisotopic (exact) mass is 189 g/mol. The van der Waals surface area contributed by atoms with Gasteiger partial charge in [-0.25, -0.2) is 0 Å². The maximum absolute atomic E-state index is 5.42. The zero-order valence-corrected chi connectivity index (χ0v) is 8.90. The maximum Gasteiger partial charge on any atom is 0.0495 e. The fraction of sp³-hybridized carbons (Fsp3) is 1.00. The summed E-state index contributed by atoms with van der Waals surface area (Å²) in [5.41, 5.74) is 0. The van der Waals surface area contributed by atoms with Crippen molar-refractivity contribution >= 4 is 11.9 Å². The average molecular weight is 189 g/mol. The zero-order chi connectivity index (χ0) is 8.81. The van der Waals surface area contributed by atoms with Crippen molar-refractivity contribution in [2.24, 2.45) is 5.92 Å². The first-order valence-corrected chi connectivity index (χ1v) is 5.91. The van der Waals surface area contributed by atoms with Crippen LogP contribution in [0.1, 0.15) is 19.8 Å². The van der Waals surface area contributed by atoms with Crippen LogP contribution in [0.25, 0.3) is 0 Å². The first-order chi connectivity index (χ1) is 5.86. The van der Waals surface area contributed by atoms with Crippen LogP contribution in [0.2, 0.25) is 0 Å². The van der Waals surface area contributed by atoms with Crippen LogP contribution < -0.4 is 0 Å². The van der Waals surface area contributed by atoms with Crippen molar-refractivity contribution in [1.29, 1.82) is 0 Å². The molecule has 1 saturated heterocycles. The summed E-state index contributed by atoms with van der Waals surface area (Å²) in [5.74, 6) is 0.813. The highest BCUT2D eigenvalue weighted by Gasteiger charge is 2.17. The maximum atomic E-state index is 5.42. The van der Waals surface area contributed by atoms with Gasteiger partial charge < -0.3 is 4.74 Å². The molecule has 1 aliphatic heterocycles. The van der Waals surface area contributed by atoms with Gasteiger partial charge in [0.15, 0.2) is 0 Å². The SMILES string of the molecule is CCOCC1CCN(SC)CC1. The summed E-state index contributed by atoms with van der Waals surface area (Å²) < 4.78 is 7.85. The van der Waals surface area contributed by atoms with Gasteiger partial charge in [0.1, 0.15) is 0 Å². The number of rotatable bonds is 4. The summed E-state index contributed by atoms with van der Waals surface area (Å²) >= 11 is 1.86. The summed E-state index contributed by atoms with van der Waals surface area (Å²) in [6.45, 7) is 6.37. The van der Waals surface area contributed by atoms with Crippen molar-refractivity contribution in [3.8, 4) is 0 Å². The lowest BCUT2D eigenvalue weighted by Gasteiger charge is -2.29. The Bertz CT molecular complexity index is 113. The minimum Gasteiger partial charge on any atom is -0.381 e. The van der Waals surface area contributed by atoms with Gasteiger partial charge in [0.2, 0.25) is 0 Å². The van der Waals surface area contributed by atoms with Crippen LogP contribution in [0.3, 0.4) is 0 Å². The number of hydrogen-bond acceptors (Lipinski definition) is 3. The molecule has 0 atom stereocenters. The van der Waals surface area contributed by atoms with E-state index in [1.165, 1.54) is 25.9 Å². The van der Waals surface area contributed by atoms with Crippen LogP contribution in [0.15, 0.2) is 0 Å². The fourth-order valence-corrected chi connectivity index (χ4v) is 2.12. The quantitative estimate of drug-likeness (QED) is 0.628. The molecule has 0 aromatic heterocycles. The van der Waals surface area contributed by atoms with Gasteiger partial charge in [-0.3, -0.25) is 4.31 Å². The third-order valence-corrected chi connectivity index (χ3v) is 3.27. The minimum atomic E-state index is 0.813. The van der Waals surface area contributed by atoms with Crippen molar-refractivity contribution in [3.05, 3.63) is 0 Å². The van der Waals surface area contributed by atoms with E-state index in [-0.39, 0.29) is 0 Å². The van der Waals surface area contributed by atoms with E-state index >= 15 is 0 Å². The van der Waals surface area contributed by atoms with Crippen LogP contribution in [0, 0.1) is 5.92 Å². The van der Waals surface area contributed by atoms with Crippen LogP contribution in [0.4, 0.5) is 0 Å². The van der Waals surface area contributed by atoms with Crippen molar-refractivity contribution < 1.29 is 4.74 Å². The first kappa shape index (κ1) is 10.4. The third kappa shape index (κ3) is 3.33. The Kier molecular flexibility index (Phi) is 5.04. The van der Waals surface area contributed by atoms with Gasteiger partial charge in [0.25, 0.3) is 0 Å². The molecule has 0 aliphatic carbocycles. The summed E-state index contributed by atoms with van der Waals surface area (Å²) in [6.07, 6.45) is 4.77. The molecule has 1 aliphatic rings. The normalized spacial score (nSPS) is 21.5. The Labute approximate surface area is 79.8 Å². The van der Waals surface area contributed by atoms with Crippen LogP contribution in [0.5, 0.6) is 0 Å². The molecule has 0 aromatic carbocycles. The van der Waals surface area contributed by atoms with E-state index in [0.717, 1.165) is 19.1 Å². The molecule has 0 N–H and O–H groups in total. The Balaban J connectivity index is 2.09. The molecule has 0 aromatic rings. The molecular formula is C9H19NOS. The van der Waals surface area contributed by atoms with Crippen molar-refractivity contribution in [2.45, 2.75) is 19.8 Å².